The van der Waals surface area contributed by atoms with Gasteiger partial charge in [-0.25, -0.2) is 0 Å². The third-order valence-corrected chi connectivity index (χ3v) is 14.5. The second-order valence-corrected chi connectivity index (χ2v) is 21.8. The minimum Gasteiger partial charge on any atom is -0.454 e. The number of aliphatic hydroxyl groups is 5. The molecule has 0 radical (unpaired) electrons. The fraction of sp³-hybridized carbons (Fsp3) is 0.735. The van der Waals surface area contributed by atoms with Crippen LogP contribution in [0.3, 0.4) is 0 Å². The summed E-state index contributed by atoms with van der Waals surface area (Å²) in [5.74, 6) is -1.28. The smallest absolute Gasteiger partial charge is 0.306 e. The van der Waals surface area contributed by atoms with Crippen molar-refractivity contribution in [2.75, 3.05) is 13.2 Å². The average molecular weight is 1110 g/mol. The maximum Gasteiger partial charge on any atom is 0.306 e. The highest BCUT2D eigenvalue weighted by atomic mass is 16.7. The van der Waals surface area contributed by atoms with Crippen molar-refractivity contribution >= 4 is 11.9 Å². The number of carbonyl (C=O) groups excluding carboxylic acids is 2. The molecule has 1 rings (SSSR count). The van der Waals surface area contributed by atoms with Gasteiger partial charge in [0.05, 0.1) is 25.4 Å². The monoisotopic (exact) mass is 1110 g/mol. The number of rotatable bonds is 53. The molecule has 0 aliphatic carbocycles. The number of carbonyl (C=O) groups is 2. The number of amides is 1. The molecule has 6 N–H and O–H groups in total. The van der Waals surface area contributed by atoms with Gasteiger partial charge in [0.25, 0.3) is 0 Å². The first-order valence-electron chi connectivity index (χ1n) is 32.0. The number of hydrogen-bond acceptors (Lipinski definition) is 10. The van der Waals surface area contributed by atoms with Crippen LogP contribution in [-0.2, 0) is 23.8 Å². The molecule has 0 aromatic carbocycles. The van der Waals surface area contributed by atoms with Gasteiger partial charge in [0, 0.05) is 6.42 Å². The van der Waals surface area contributed by atoms with Crippen molar-refractivity contribution in [3.8, 4) is 0 Å². The summed E-state index contributed by atoms with van der Waals surface area (Å²) < 4.78 is 17.5. The highest BCUT2D eigenvalue weighted by Crippen LogP contribution is 2.26. The molecule has 1 amide bonds. The van der Waals surface area contributed by atoms with E-state index in [1.54, 1.807) is 6.08 Å². The maximum atomic E-state index is 13.4. The van der Waals surface area contributed by atoms with Crippen molar-refractivity contribution in [2.45, 2.75) is 307 Å². The van der Waals surface area contributed by atoms with E-state index in [1.165, 1.54) is 116 Å². The molecule has 8 atom stereocenters. The van der Waals surface area contributed by atoms with Crippen LogP contribution in [0.2, 0.25) is 0 Å². The molecule has 0 spiro atoms. The van der Waals surface area contributed by atoms with Gasteiger partial charge in [0.15, 0.2) is 12.4 Å². The molecule has 0 saturated carbocycles. The Labute approximate surface area is 482 Å². The van der Waals surface area contributed by atoms with E-state index in [2.05, 4.69) is 99.0 Å². The lowest BCUT2D eigenvalue weighted by atomic mass is 9.99. The largest absolute Gasteiger partial charge is 0.454 e. The van der Waals surface area contributed by atoms with Crippen molar-refractivity contribution in [3.63, 3.8) is 0 Å². The molecule has 454 valence electrons. The number of unbranched alkanes of at least 4 members (excludes halogenated alkanes) is 25. The first-order chi connectivity index (χ1) is 38.7. The Morgan fingerprint density at radius 2 is 0.911 bits per heavy atom. The SMILES string of the molecule is CC/C=C\C/C=C\C/C=C\C/C=C\C/C=C\CCCCCCCCCCC(O)C(=O)NC(COC1OC(CO)C(O)C(O)C1OC(=O)CC/C=C/C/C=C\CCCCCCCC)C(O)/C=C/CCCCCCCCCCCCC. The third kappa shape index (κ3) is 43.0. The predicted octanol–water partition coefficient (Wildman–Crippen LogP) is 15.5. The zero-order chi connectivity index (χ0) is 57.5. The number of allylic oxidation sites excluding steroid dienone is 15. The van der Waals surface area contributed by atoms with Crippen LogP contribution in [0.4, 0.5) is 0 Å². The average Bonchev–Trinajstić information content (AvgIpc) is 3.48. The van der Waals surface area contributed by atoms with E-state index in [4.69, 9.17) is 14.2 Å². The van der Waals surface area contributed by atoms with Gasteiger partial charge in [0.1, 0.15) is 24.4 Å². The lowest BCUT2D eigenvalue weighted by Gasteiger charge is -2.41. The Hall–Kier alpha value is -3.42. The molecule has 11 nitrogen and oxygen atoms in total. The predicted molar refractivity (Wildman–Crippen MR) is 329 cm³/mol. The molecule has 1 heterocycles. The minimum atomic E-state index is -1.64. The molecular formula is C68H117NO10. The van der Waals surface area contributed by atoms with Gasteiger partial charge < -0.3 is 45.1 Å². The summed E-state index contributed by atoms with van der Waals surface area (Å²) >= 11 is 0. The molecule has 1 aliphatic heterocycles. The molecule has 1 aliphatic rings. The zero-order valence-corrected chi connectivity index (χ0v) is 50.2. The molecule has 8 unspecified atom stereocenters. The zero-order valence-electron chi connectivity index (χ0n) is 50.2. The number of ether oxygens (including phenoxy) is 3. The molecule has 79 heavy (non-hydrogen) atoms. The van der Waals surface area contributed by atoms with E-state index in [0.29, 0.717) is 12.8 Å². The summed E-state index contributed by atoms with van der Waals surface area (Å²) in [7, 11) is 0. The van der Waals surface area contributed by atoms with Crippen molar-refractivity contribution in [3.05, 3.63) is 97.2 Å². The summed E-state index contributed by atoms with van der Waals surface area (Å²) in [6, 6.07) is -1.04. The van der Waals surface area contributed by atoms with E-state index in [9.17, 15) is 35.1 Å². The number of nitrogens with one attached hydrogen (secondary N) is 1. The van der Waals surface area contributed by atoms with Gasteiger partial charge in [-0.1, -0.05) is 259 Å². The fourth-order valence-electron chi connectivity index (χ4n) is 9.44. The van der Waals surface area contributed by atoms with E-state index >= 15 is 0 Å². The summed E-state index contributed by atoms with van der Waals surface area (Å²) in [6.45, 7) is 5.63. The number of aliphatic hydroxyl groups excluding tert-OH is 5. The standard InChI is InChI=1S/C68H117NO10/c1-4-7-10-13-16-19-22-25-26-27-28-29-30-31-32-33-34-35-38-40-43-46-49-52-55-61(72)67(76)69-59(60(71)54-51-48-45-42-39-36-23-20-17-14-11-8-5-2)58-77-68-66(65(75)64(74)62(57-70)78-68)79-63(73)56-53-50-47-44-41-37-24-21-18-15-12-9-6-3/h7,10,16,19,25-26,28-29,31-32,37,41,47,50-51,54,59-62,64-66,68,70-72,74-75H,4-6,8-9,11-15,17-18,20-24,27,30,33-36,38-40,42-46,48-49,52-53,55-58H2,1-3H3,(H,69,76)/b10-7-,19-16-,26-25-,29-28-,32-31-,41-37-,50-47+,54-51+. The van der Waals surface area contributed by atoms with Crippen LogP contribution in [0, 0.1) is 0 Å². The minimum absolute atomic E-state index is 0.0135. The summed E-state index contributed by atoms with van der Waals surface area (Å²) in [5.41, 5.74) is 0. The number of hydrogen-bond donors (Lipinski definition) is 6. The van der Waals surface area contributed by atoms with Crippen LogP contribution in [0.5, 0.6) is 0 Å². The second kappa shape index (κ2) is 55.1. The van der Waals surface area contributed by atoms with Crippen LogP contribution < -0.4 is 5.32 Å². The Balaban J connectivity index is 2.67. The van der Waals surface area contributed by atoms with Gasteiger partial charge in [0.2, 0.25) is 5.91 Å². The van der Waals surface area contributed by atoms with E-state index in [0.717, 1.165) is 96.3 Å². The normalized spacial score (nSPS) is 19.5. The van der Waals surface area contributed by atoms with E-state index < -0.39 is 67.4 Å². The topological polar surface area (TPSA) is 175 Å². The van der Waals surface area contributed by atoms with Crippen molar-refractivity contribution < 1.29 is 49.3 Å². The first-order valence-corrected chi connectivity index (χ1v) is 32.0. The van der Waals surface area contributed by atoms with Gasteiger partial charge >= 0.3 is 5.97 Å². The van der Waals surface area contributed by atoms with Gasteiger partial charge in [-0.3, -0.25) is 9.59 Å². The molecule has 11 heteroatoms. The fourth-order valence-corrected chi connectivity index (χ4v) is 9.44. The third-order valence-electron chi connectivity index (χ3n) is 14.5. The van der Waals surface area contributed by atoms with Gasteiger partial charge in [-0.2, -0.15) is 0 Å². The van der Waals surface area contributed by atoms with E-state index in [-0.39, 0.29) is 19.4 Å². The van der Waals surface area contributed by atoms with Crippen molar-refractivity contribution in [1.29, 1.82) is 0 Å². The second-order valence-electron chi connectivity index (χ2n) is 21.8. The van der Waals surface area contributed by atoms with Crippen LogP contribution in [0.25, 0.3) is 0 Å². The molecule has 1 fully saturated rings. The Kier molecular flexibility index (Phi) is 51.4. The van der Waals surface area contributed by atoms with Crippen molar-refractivity contribution in [2.24, 2.45) is 0 Å². The molecule has 0 bridgehead atoms. The van der Waals surface area contributed by atoms with Crippen molar-refractivity contribution in [1.82, 2.24) is 5.32 Å². The van der Waals surface area contributed by atoms with E-state index in [1.807, 2.05) is 18.2 Å². The maximum absolute atomic E-state index is 13.4. The van der Waals surface area contributed by atoms with Gasteiger partial charge in [-0.05, 0) is 89.9 Å². The summed E-state index contributed by atoms with van der Waals surface area (Å²) in [5, 5.41) is 57.0. The lowest BCUT2D eigenvalue weighted by Crippen LogP contribution is -2.61. The molecule has 0 aromatic heterocycles. The van der Waals surface area contributed by atoms with Gasteiger partial charge in [-0.15, -0.1) is 0 Å². The Morgan fingerprint density at radius 1 is 0.506 bits per heavy atom. The highest BCUT2D eigenvalue weighted by Gasteiger charge is 2.47. The Bertz CT molecular complexity index is 1650. The van der Waals surface area contributed by atoms with Crippen LogP contribution in [-0.4, -0.2) is 99.6 Å². The summed E-state index contributed by atoms with van der Waals surface area (Å²) in [6.07, 6.45) is 63.2. The molecule has 1 saturated heterocycles. The first kappa shape index (κ1) is 73.6. The van der Waals surface area contributed by atoms with Crippen LogP contribution in [0.15, 0.2) is 97.2 Å². The summed E-state index contributed by atoms with van der Waals surface area (Å²) in [4.78, 5) is 26.5. The molecule has 0 aromatic rings. The molecular weight excluding hydrogens is 991 g/mol. The van der Waals surface area contributed by atoms with Crippen LogP contribution >= 0.6 is 0 Å². The Morgan fingerprint density at radius 3 is 1.37 bits per heavy atom. The quantitative estimate of drug-likeness (QED) is 0.0195. The highest BCUT2D eigenvalue weighted by molar-refractivity contribution is 5.80. The van der Waals surface area contributed by atoms with Crippen LogP contribution in [0.1, 0.15) is 258 Å². The lowest BCUT2D eigenvalue weighted by molar-refractivity contribution is -0.305. The number of esters is 1.